The maximum absolute atomic E-state index is 8.17. The van der Waals surface area contributed by atoms with E-state index in [0.717, 1.165) is 6.26 Å². The molecule has 0 atom stereocenters. The van der Waals surface area contributed by atoms with Crippen molar-refractivity contribution >= 4 is 0 Å². The third-order valence-electron chi connectivity index (χ3n) is 0.564. The van der Waals surface area contributed by atoms with Crippen LogP contribution in [-0.4, -0.2) is 12.2 Å². The molecule has 0 rings (SSSR count). The number of allylic oxidation sites excluding steroid dienone is 1. The van der Waals surface area contributed by atoms with Crippen LogP contribution < -0.4 is 0 Å². The van der Waals surface area contributed by atoms with Crippen molar-refractivity contribution in [2.45, 2.75) is 0 Å². The Kier molecular flexibility index (Phi) is 2.85. The Hall–Kier alpha value is -0.920. The lowest BCUT2D eigenvalue weighted by atomic mass is 10.5. The summed E-state index contributed by atoms with van der Waals surface area (Å²) >= 11 is 0. The monoisotopic (exact) mass is 100 g/mol. The molecule has 0 aliphatic carbocycles. The van der Waals surface area contributed by atoms with E-state index in [4.69, 9.17) is 5.11 Å². The van der Waals surface area contributed by atoms with Crippen LogP contribution in [0.25, 0.3) is 0 Å². The second-order valence-corrected chi connectivity index (χ2v) is 0.940. The zero-order chi connectivity index (χ0) is 5.70. The summed E-state index contributed by atoms with van der Waals surface area (Å²) in [5.41, 5.74) is 0. The lowest BCUT2D eigenvalue weighted by Gasteiger charge is -1.92. The quantitative estimate of drug-likeness (QED) is 0.417. The molecule has 0 saturated carbocycles. The van der Waals surface area contributed by atoms with Crippen LogP contribution in [0.4, 0.5) is 0 Å². The highest BCUT2D eigenvalue weighted by Gasteiger charge is 1.79. The SMILES string of the molecule is C=C/C(=C/O)OC. The molecule has 0 radical (unpaired) electrons. The van der Waals surface area contributed by atoms with Crippen molar-refractivity contribution in [1.29, 1.82) is 0 Å². The minimum atomic E-state index is 0.375. The lowest BCUT2D eigenvalue weighted by Crippen LogP contribution is -1.77. The van der Waals surface area contributed by atoms with Gasteiger partial charge in [-0.15, -0.1) is 0 Å². The first-order valence-corrected chi connectivity index (χ1v) is 1.86. The summed E-state index contributed by atoms with van der Waals surface area (Å²) < 4.78 is 4.54. The molecule has 2 heteroatoms. The molecule has 0 heterocycles. The number of ether oxygens (including phenoxy) is 1. The van der Waals surface area contributed by atoms with Crippen LogP contribution in [0.3, 0.4) is 0 Å². The first kappa shape index (κ1) is 6.08. The first-order chi connectivity index (χ1) is 3.35. The molecule has 0 aromatic heterocycles. The van der Waals surface area contributed by atoms with E-state index in [1.165, 1.54) is 13.2 Å². The van der Waals surface area contributed by atoms with Crippen molar-refractivity contribution < 1.29 is 9.84 Å². The van der Waals surface area contributed by atoms with Crippen LogP contribution in [0.15, 0.2) is 24.7 Å². The van der Waals surface area contributed by atoms with Gasteiger partial charge in [-0.1, -0.05) is 6.58 Å². The molecule has 1 N–H and O–H groups in total. The van der Waals surface area contributed by atoms with Crippen molar-refractivity contribution in [3.8, 4) is 0 Å². The molecule has 0 fully saturated rings. The van der Waals surface area contributed by atoms with Gasteiger partial charge in [0.25, 0.3) is 0 Å². The molecule has 0 spiro atoms. The maximum Gasteiger partial charge on any atom is 0.152 e. The highest BCUT2D eigenvalue weighted by Crippen LogP contribution is 1.90. The van der Waals surface area contributed by atoms with E-state index in [0.29, 0.717) is 5.76 Å². The molecule has 0 bridgehead atoms. The maximum atomic E-state index is 8.17. The van der Waals surface area contributed by atoms with Gasteiger partial charge in [-0.2, -0.15) is 0 Å². The summed E-state index contributed by atoms with van der Waals surface area (Å²) in [5, 5.41) is 8.17. The minimum absolute atomic E-state index is 0.375. The summed E-state index contributed by atoms with van der Waals surface area (Å²) in [4.78, 5) is 0. The topological polar surface area (TPSA) is 29.5 Å². The van der Waals surface area contributed by atoms with Crippen molar-refractivity contribution in [3.05, 3.63) is 24.7 Å². The fraction of sp³-hybridized carbons (Fsp3) is 0.200. The Balaban J connectivity index is 3.60. The Morgan fingerprint density at radius 3 is 2.43 bits per heavy atom. The number of aliphatic hydroxyl groups excluding tert-OH is 1. The smallest absolute Gasteiger partial charge is 0.152 e. The fourth-order valence-electron chi connectivity index (χ4n) is 0.189. The Bertz CT molecular complexity index is 84.1. The van der Waals surface area contributed by atoms with Crippen molar-refractivity contribution in [1.82, 2.24) is 0 Å². The molecular formula is C5H8O2. The Morgan fingerprint density at radius 1 is 1.86 bits per heavy atom. The number of hydrogen-bond donors (Lipinski definition) is 1. The van der Waals surface area contributed by atoms with E-state index in [9.17, 15) is 0 Å². The number of hydrogen-bond acceptors (Lipinski definition) is 2. The third kappa shape index (κ3) is 1.87. The van der Waals surface area contributed by atoms with Gasteiger partial charge < -0.3 is 9.84 Å². The molecular weight excluding hydrogens is 92.1 g/mol. The zero-order valence-electron chi connectivity index (χ0n) is 4.22. The second kappa shape index (κ2) is 3.28. The van der Waals surface area contributed by atoms with Gasteiger partial charge in [0.2, 0.25) is 0 Å². The molecule has 40 valence electrons. The summed E-state index contributed by atoms with van der Waals surface area (Å²) in [5.74, 6) is 0.375. The van der Waals surface area contributed by atoms with Gasteiger partial charge in [-0.3, -0.25) is 0 Å². The predicted molar refractivity (Wildman–Crippen MR) is 27.9 cm³/mol. The molecule has 7 heavy (non-hydrogen) atoms. The van der Waals surface area contributed by atoms with Crippen molar-refractivity contribution in [2.24, 2.45) is 0 Å². The second-order valence-electron chi connectivity index (χ2n) is 0.940. The molecule has 0 amide bonds. The number of aliphatic hydroxyl groups is 1. The van der Waals surface area contributed by atoms with Crippen LogP contribution in [0.2, 0.25) is 0 Å². The number of methoxy groups -OCH3 is 1. The van der Waals surface area contributed by atoms with Gasteiger partial charge >= 0.3 is 0 Å². The molecule has 0 unspecified atom stereocenters. The molecule has 0 saturated heterocycles. The molecule has 2 nitrogen and oxygen atoms in total. The van der Waals surface area contributed by atoms with E-state index >= 15 is 0 Å². The highest BCUT2D eigenvalue weighted by molar-refractivity contribution is 5.03. The van der Waals surface area contributed by atoms with Crippen LogP contribution in [0.1, 0.15) is 0 Å². The zero-order valence-corrected chi connectivity index (χ0v) is 4.22. The Morgan fingerprint density at radius 2 is 2.43 bits per heavy atom. The highest BCUT2D eigenvalue weighted by atomic mass is 16.5. The average molecular weight is 100 g/mol. The average Bonchev–Trinajstić information content (AvgIpc) is 1.72. The van der Waals surface area contributed by atoms with E-state index < -0.39 is 0 Å². The predicted octanol–water partition coefficient (Wildman–Crippen LogP) is 1.22. The summed E-state index contributed by atoms with van der Waals surface area (Å²) in [6.45, 7) is 3.35. The van der Waals surface area contributed by atoms with Gasteiger partial charge in [-0.05, 0) is 6.08 Å². The summed E-state index contributed by atoms with van der Waals surface area (Å²) in [7, 11) is 1.46. The molecule has 0 aromatic carbocycles. The minimum Gasteiger partial charge on any atom is -0.512 e. The van der Waals surface area contributed by atoms with Crippen LogP contribution in [0.5, 0.6) is 0 Å². The Labute approximate surface area is 42.7 Å². The van der Waals surface area contributed by atoms with Gasteiger partial charge in [0.1, 0.15) is 6.26 Å². The first-order valence-electron chi connectivity index (χ1n) is 1.86. The largest absolute Gasteiger partial charge is 0.512 e. The van der Waals surface area contributed by atoms with E-state index in [-0.39, 0.29) is 0 Å². The van der Waals surface area contributed by atoms with Crippen LogP contribution in [-0.2, 0) is 4.74 Å². The van der Waals surface area contributed by atoms with Gasteiger partial charge in [-0.25, -0.2) is 0 Å². The van der Waals surface area contributed by atoms with E-state index in [1.54, 1.807) is 0 Å². The van der Waals surface area contributed by atoms with Gasteiger partial charge in [0, 0.05) is 0 Å². The number of rotatable bonds is 2. The fourth-order valence-corrected chi connectivity index (χ4v) is 0.189. The normalized spacial score (nSPS) is 10.7. The lowest BCUT2D eigenvalue weighted by molar-refractivity contribution is 0.286. The molecule has 0 aromatic rings. The summed E-state index contributed by atoms with van der Waals surface area (Å²) in [6, 6.07) is 0. The van der Waals surface area contributed by atoms with E-state index in [1.807, 2.05) is 0 Å². The third-order valence-corrected chi connectivity index (χ3v) is 0.564. The summed E-state index contributed by atoms with van der Waals surface area (Å²) in [6.07, 6.45) is 2.27. The molecule has 0 aliphatic heterocycles. The van der Waals surface area contributed by atoms with Gasteiger partial charge in [0.05, 0.1) is 7.11 Å². The van der Waals surface area contributed by atoms with E-state index in [2.05, 4.69) is 11.3 Å². The van der Waals surface area contributed by atoms with Crippen molar-refractivity contribution in [2.75, 3.05) is 7.11 Å². The van der Waals surface area contributed by atoms with Crippen LogP contribution in [0, 0.1) is 0 Å². The van der Waals surface area contributed by atoms with Crippen LogP contribution >= 0.6 is 0 Å². The van der Waals surface area contributed by atoms with Crippen molar-refractivity contribution in [3.63, 3.8) is 0 Å². The van der Waals surface area contributed by atoms with Gasteiger partial charge in [0.15, 0.2) is 5.76 Å². The molecule has 0 aliphatic rings. The standard InChI is InChI=1S/C5H8O2/c1-3-5(4-6)7-2/h3-4,6H,1H2,2H3/b5-4-.